The molecule has 140 valence electrons. The van der Waals surface area contributed by atoms with Crippen LogP contribution in [0.3, 0.4) is 0 Å². The molecule has 0 aromatic heterocycles. The monoisotopic (exact) mass is 404 g/mol. The number of halogens is 2. The molecule has 0 unspecified atom stereocenters. The van der Waals surface area contributed by atoms with Crippen molar-refractivity contribution in [1.29, 1.82) is 0 Å². The first kappa shape index (κ1) is 19.3. The Labute approximate surface area is 167 Å². The number of anilines is 2. The molecule has 2 amide bonds. The maximum atomic E-state index is 12.9. The van der Waals surface area contributed by atoms with Gasteiger partial charge in [-0.3, -0.25) is 9.59 Å². The van der Waals surface area contributed by atoms with Gasteiger partial charge in [0.1, 0.15) is 16.5 Å². The third-order valence-corrected chi connectivity index (χ3v) is 4.85. The highest BCUT2D eigenvalue weighted by Gasteiger charge is 2.39. The van der Waals surface area contributed by atoms with E-state index in [1.54, 1.807) is 30.3 Å². The molecule has 7 heteroatoms. The minimum atomic E-state index is -0.581. The summed E-state index contributed by atoms with van der Waals surface area (Å²) in [6.45, 7) is 4.14. The standard InChI is InChI=1S/C20H18Cl2N2O3/c1-11(2)12-4-7-14(8-5-12)24-19(25)17(22)18(20(24)26)23-15-10-13(21)6-9-16(15)27-3/h4-11,23H,1-3H3. The van der Waals surface area contributed by atoms with E-state index in [0.717, 1.165) is 10.5 Å². The van der Waals surface area contributed by atoms with Gasteiger partial charge in [-0.1, -0.05) is 49.2 Å². The van der Waals surface area contributed by atoms with Gasteiger partial charge in [-0.25, -0.2) is 4.90 Å². The van der Waals surface area contributed by atoms with Crippen molar-refractivity contribution in [3.8, 4) is 5.75 Å². The van der Waals surface area contributed by atoms with E-state index in [9.17, 15) is 9.59 Å². The summed E-state index contributed by atoms with van der Waals surface area (Å²) in [5.41, 5.74) is 1.99. The molecular formula is C20H18Cl2N2O3. The molecule has 5 nitrogen and oxygen atoms in total. The number of imide groups is 1. The van der Waals surface area contributed by atoms with Crippen LogP contribution in [-0.2, 0) is 9.59 Å². The average molecular weight is 405 g/mol. The number of hydrogen-bond acceptors (Lipinski definition) is 4. The second-order valence-electron chi connectivity index (χ2n) is 6.35. The summed E-state index contributed by atoms with van der Waals surface area (Å²) in [6, 6.07) is 12.2. The lowest BCUT2D eigenvalue weighted by atomic mass is 10.0. The predicted molar refractivity (Wildman–Crippen MR) is 108 cm³/mol. The molecule has 1 aliphatic rings. The molecule has 1 aliphatic heterocycles. The number of amides is 2. The zero-order valence-electron chi connectivity index (χ0n) is 15.0. The van der Waals surface area contributed by atoms with Crippen LogP contribution in [0.5, 0.6) is 5.75 Å². The largest absolute Gasteiger partial charge is 0.495 e. The van der Waals surface area contributed by atoms with E-state index in [2.05, 4.69) is 19.2 Å². The van der Waals surface area contributed by atoms with E-state index in [-0.39, 0.29) is 10.7 Å². The van der Waals surface area contributed by atoms with E-state index >= 15 is 0 Å². The molecular weight excluding hydrogens is 387 g/mol. The van der Waals surface area contributed by atoms with Crippen molar-refractivity contribution in [2.24, 2.45) is 0 Å². The molecule has 0 fully saturated rings. The van der Waals surface area contributed by atoms with Crippen LogP contribution >= 0.6 is 23.2 Å². The maximum absolute atomic E-state index is 12.9. The molecule has 27 heavy (non-hydrogen) atoms. The highest BCUT2D eigenvalue weighted by molar-refractivity contribution is 6.53. The number of nitrogens with one attached hydrogen (secondary N) is 1. The van der Waals surface area contributed by atoms with Crippen LogP contribution in [0, 0.1) is 0 Å². The first-order valence-corrected chi connectivity index (χ1v) is 9.08. The summed E-state index contributed by atoms with van der Waals surface area (Å²) < 4.78 is 5.26. The molecule has 0 saturated heterocycles. The fourth-order valence-electron chi connectivity index (χ4n) is 2.77. The van der Waals surface area contributed by atoms with Crippen LogP contribution in [0.15, 0.2) is 53.2 Å². The quantitative estimate of drug-likeness (QED) is 0.719. The second-order valence-corrected chi connectivity index (χ2v) is 7.16. The fraction of sp³-hybridized carbons (Fsp3) is 0.200. The molecule has 0 saturated carbocycles. The summed E-state index contributed by atoms with van der Waals surface area (Å²) in [6.07, 6.45) is 0. The number of carbonyl (C=O) groups excluding carboxylic acids is 2. The van der Waals surface area contributed by atoms with Crippen molar-refractivity contribution in [2.75, 3.05) is 17.3 Å². The molecule has 0 spiro atoms. The van der Waals surface area contributed by atoms with Crippen molar-refractivity contribution in [3.05, 3.63) is 63.8 Å². The van der Waals surface area contributed by atoms with Gasteiger partial charge in [-0.2, -0.15) is 0 Å². The SMILES string of the molecule is COc1ccc(Cl)cc1NC1=C(Cl)C(=O)N(c2ccc(C(C)C)cc2)C1=O. The molecule has 1 heterocycles. The Balaban J connectivity index is 1.91. The van der Waals surface area contributed by atoms with Crippen molar-refractivity contribution < 1.29 is 14.3 Å². The van der Waals surface area contributed by atoms with Crippen molar-refractivity contribution in [3.63, 3.8) is 0 Å². The summed E-state index contributed by atoms with van der Waals surface area (Å²) in [5.74, 6) is -0.304. The molecule has 0 radical (unpaired) electrons. The third-order valence-electron chi connectivity index (χ3n) is 4.27. The Bertz CT molecular complexity index is 937. The van der Waals surface area contributed by atoms with Crippen molar-refractivity contribution in [1.82, 2.24) is 0 Å². The zero-order valence-corrected chi connectivity index (χ0v) is 16.6. The summed E-state index contributed by atoms with van der Waals surface area (Å²) in [5, 5.41) is 3.15. The number of carbonyl (C=O) groups is 2. The van der Waals surface area contributed by atoms with Crippen LogP contribution in [0.4, 0.5) is 11.4 Å². The highest BCUT2D eigenvalue weighted by atomic mass is 35.5. The zero-order chi connectivity index (χ0) is 19.7. The average Bonchev–Trinajstić information content (AvgIpc) is 2.85. The fourth-order valence-corrected chi connectivity index (χ4v) is 3.15. The van der Waals surface area contributed by atoms with Gasteiger partial charge >= 0.3 is 0 Å². The molecule has 0 bridgehead atoms. The lowest BCUT2D eigenvalue weighted by molar-refractivity contribution is -0.120. The molecule has 3 rings (SSSR count). The summed E-state index contributed by atoms with van der Waals surface area (Å²) >= 11 is 12.2. The van der Waals surface area contributed by atoms with Gasteiger partial charge in [0.15, 0.2) is 0 Å². The van der Waals surface area contributed by atoms with Crippen LogP contribution in [0.2, 0.25) is 5.02 Å². The number of rotatable bonds is 5. The summed E-state index contributed by atoms with van der Waals surface area (Å²) in [7, 11) is 1.49. The smallest absolute Gasteiger partial charge is 0.283 e. The Hall–Kier alpha value is -2.50. The van der Waals surface area contributed by atoms with Gasteiger partial charge in [0.2, 0.25) is 0 Å². The number of ether oxygens (including phenoxy) is 1. The van der Waals surface area contributed by atoms with Gasteiger partial charge < -0.3 is 10.1 Å². The van der Waals surface area contributed by atoms with E-state index < -0.39 is 11.8 Å². The first-order chi connectivity index (χ1) is 12.8. The minimum absolute atomic E-state index is 0.0184. The van der Waals surface area contributed by atoms with Crippen LogP contribution in [0.1, 0.15) is 25.3 Å². The lowest BCUT2D eigenvalue weighted by Crippen LogP contribution is -2.32. The van der Waals surface area contributed by atoms with Gasteiger partial charge in [0, 0.05) is 5.02 Å². The molecule has 2 aromatic rings. The van der Waals surface area contributed by atoms with Gasteiger partial charge in [-0.15, -0.1) is 0 Å². The first-order valence-electron chi connectivity index (χ1n) is 8.32. The molecule has 2 aromatic carbocycles. The van der Waals surface area contributed by atoms with Crippen LogP contribution in [-0.4, -0.2) is 18.9 Å². The van der Waals surface area contributed by atoms with Crippen molar-refractivity contribution in [2.45, 2.75) is 19.8 Å². The van der Waals surface area contributed by atoms with Gasteiger partial charge in [-0.05, 0) is 41.8 Å². The van der Waals surface area contributed by atoms with Crippen LogP contribution < -0.4 is 15.0 Å². The minimum Gasteiger partial charge on any atom is -0.495 e. The summed E-state index contributed by atoms with van der Waals surface area (Å²) in [4.78, 5) is 26.5. The Morgan fingerprint density at radius 3 is 2.26 bits per heavy atom. The van der Waals surface area contributed by atoms with E-state index in [1.165, 1.54) is 7.11 Å². The van der Waals surface area contributed by atoms with Gasteiger partial charge in [0.25, 0.3) is 11.8 Å². The van der Waals surface area contributed by atoms with Crippen LogP contribution in [0.25, 0.3) is 0 Å². The Morgan fingerprint density at radius 1 is 1.00 bits per heavy atom. The molecule has 1 N–H and O–H groups in total. The second kappa shape index (κ2) is 7.62. The molecule has 0 aliphatic carbocycles. The third kappa shape index (κ3) is 3.66. The number of nitrogens with zero attached hydrogens (tertiary/aromatic N) is 1. The lowest BCUT2D eigenvalue weighted by Gasteiger charge is -2.17. The highest BCUT2D eigenvalue weighted by Crippen LogP contribution is 2.34. The molecule has 0 atom stereocenters. The van der Waals surface area contributed by atoms with Crippen molar-refractivity contribution >= 4 is 46.4 Å². The Kier molecular flexibility index (Phi) is 5.44. The number of methoxy groups -OCH3 is 1. The number of benzene rings is 2. The van der Waals surface area contributed by atoms with E-state index in [1.807, 2.05) is 12.1 Å². The maximum Gasteiger partial charge on any atom is 0.283 e. The topological polar surface area (TPSA) is 58.6 Å². The normalized spacial score (nSPS) is 14.4. The Morgan fingerprint density at radius 2 is 1.67 bits per heavy atom. The predicted octanol–water partition coefficient (Wildman–Crippen LogP) is 4.91. The van der Waals surface area contributed by atoms with E-state index in [4.69, 9.17) is 27.9 Å². The van der Waals surface area contributed by atoms with E-state index in [0.29, 0.717) is 28.1 Å². The number of hydrogen-bond donors (Lipinski definition) is 1. The van der Waals surface area contributed by atoms with Gasteiger partial charge in [0.05, 0.1) is 18.5 Å².